The normalized spacial score (nSPS) is 28.5. The van der Waals surface area contributed by atoms with Gasteiger partial charge in [-0.25, -0.2) is 18.0 Å². The molecular weight excluding hydrogens is 453 g/mol. The summed E-state index contributed by atoms with van der Waals surface area (Å²) in [5.41, 5.74) is 1.58. The molecule has 0 amide bonds. The van der Waals surface area contributed by atoms with Crippen LogP contribution in [-0.4, -0.2) is 18.7 Å². The minimum absolute atomic E-state index is 0.00310. The van der Waals surface area contributed by atoms with Gasteiger partial charge in [-0.05, 0) is 92.4 Å². The molecule has 0 radical (unpaired) electrons. The smallest absolute Gasteiger partial charge is 0.341 e. The summed E-state index contributed by atoms with van der Waals surface area (Å²) in [6.07, 6.45) is 7.11. The van der Waals surface area contributed by atoms with E-state index in [1.807, 2.05) is 6.07 Å². The zero-order valence-electron chi connectivity index (χ0n) is 20.2. The van der Waals surface area contributed by atoms with E-state index >= 15 is 0 Å². The molecule has 3 aliphatic rings. The van der Waals surface area contributed by atoms with E-state index in [0.717, 1.165) is 50.5 Å². The maximum atomic E-state index is 14.9. The predicted octanol–water partition coefficient (Wildman–Crippen LogP) is 7.74. The monoisotopic (exact) mass is 486 g/mol. The van der Waals surface area contributed by atoms with Crippen molar-refractivity contribution in [3.63, 3.8) is 0 Å². The highest BCUT2D eigenvalue weighted by molar-refractivity contribution is 5.90. The van der Waals surface area contributed by atoms with Gasteiger partial charge in [0, 0.05) is 5.56 Å². The highest BCUT2D eigenvalue weighted by atomic mass is 19.2. The third-order valence-corrected chi connectivity index (χ3v) is 8.32. The molecule has 0 aromatic heterocycles. The number of carbonyl (C=O) groups excluding carboxylic acids is 1. The molecular formula is C29H33F3O3. The van der Waals surface area contributed by atoms with Gasteiger partial charge in [0.15, 0.2) is 11.6 Å². The number of benzene rings is 2. The second-order valence-electron chi connectivity index (χ2n) is 10.4. The van der Waals surface area contributed by atoms with Gasteiger partial charge in [0.2, 0.25) is 0 Å². The van der Waals surface area contributed by atoms with Crippen molar-refractivity contribution in [2.75, 3.05) is 6.61 Å². The summed E-state index contributed by atoms with van der Waals surface area (Å²) in [6.45, 7) is 2.74. The van der Waals surface area contributed by atoms with Gasteiger partial charge in [0.05, 0.1) is 12.2 Å². The Morgan fingerprint density at radius 2 is 1.54 bits per heavy atom. The molecule has 0 N–H and O–H groups in total. The third-order valence-electron chi connectivity index (χ3n) is 8.32. The lowest BCUT2D eigenvalue weighted by Crippen LogP contribution is -2.25. The Kier molecular flexibility index (Phi) is 7.19. The number of rotatable bonds is 6. The van der Waals surface area contributed by atoms with E-state index in [1.165, 1.54) is 6.07 Å². The van der Waals surface area contributed by atoms with Crippen LogP contribution in [0, 0.1) is 23.4 Å². The van der Waals surface area contributed by atoms with Gasteiger partial charge in [0.1, 0.15) is 18.0 Å². The highest BCUT2D eigenvalue weighted by Crippen LogP contribution is 2.40. The number of esters is 1. The molecule has 0 spiro atoms. The van der Waals surface area contributed by atoms with Crippen molar-refractivity contribution in [3.8, 4) is 0 Å². The summed E-state index contributed by atoms with van der Waals surface area (Å²) >= 11 is 0. The van der Waals surface area contributed by atoms with Crippen molar-refractivity contribution in [3.05, 3.63) is 70.0 Å². The summed E-state index contributed by atoms with van der Waals surface area (Å²) in [5.74, 6) is -2.21. The Balaban J connectivity index is 1.17. The minimum Gasteiger partial charge on any atom is -0.459 e. The number of hydrogen-bond acceptors (Lipinski definition) is 3. The van der Waals surface area contributed by atoms with Crippen LogP contribution in [0.1, 0.15) is 110 Å². The molecule has 2 saturated carbocycles. The second-order valence-corrected chi connectivity index (χ2v) is 10.4. The number of epoxide rings is 1. The molecule has 2 aromatic rings. The number of hydrogen-bond donors (Lipinski definition) is 0. The second kappa shape index (κ2) is 10.3. The molecule has 1 unspecified atom stereocenters. The molecule has 1 aliphatic heterocycles. The van der Waals surface area contributed by atoms with Gasteiger partial charge < -0.3 is 9.47 Å². The third kappa shape index (κ3) is 5.28. The van der Waals surface area contributed by atoms with Gasteiger partial charge >= 0.3 is 5.97 Å². The van der Waals surface area contributed by atoms with Crippen molar-refractivity contribution in [2.24, 2.45) is 5.92 Å². The van der Waals surface area contributed by atoms with E-state index in [4.69, 9.17) is 9.47 Å². The first kappa shape index (κ1) is 24.4. The van der Waals surface area contributed by atoms with Crippen LogP contribution in [0.5, 0.6) is 0 Å². The summed E-state index contributed by atoms with van der Waals surface area (Å²) < 4.78 is 54.9. The van der Waals surface area contributed by atoms with Gasteiger partial charge in [-0.15, -0.1) is 0 Å². The molecule has 1 heterocycles. The highest BCUT2D eigenvalue weighted by Gasteiger charge is 2.31. The maximum Gasteiger partial charge on any atom is 0.341 e. The summed E-state index contributed by atoms with van der Waals surface area (Å²) in [7, 11) is 0. The lowest BCUT2D eigenvalue weighted by Gasteiger charge is -2.29. The largest absolute Gasteiger partial charge is 0.459 e. The van der Waals surface area contributed by atoms with Crippen LogP contribution in [0.15, 0.2) is 30.3 Å². The average Bonchev–Trinajstić information content (AvgIpc) is 3.71. The van der Waals surface area contributed by atoms with Gasteiger partial charge in [-0.3, -0.25) is 0 Å². The predicted molar refractivity (Wildman–Crippen MR) is 127 cm³/mol. The number of halogens is 3. The summed E-state index contributed by atoms with van der Waals surface area (Å²) in [5, 5.41) is 0. The number of carbonyl (C=O) groups is 1. The first-order valence-electron chi connectivity index (χ1n) is 13.0. The Bertz CT molecular complexity index is 1070. The summed E-state index contributed by atoms with van der Waals surface area (Å²) in [6, 6.07) is 8.27. The Hall–Kier alpha value is -2.34. The molecule has 2 aliphatic carbocycles. The summed E-state index contributed by atoms with van der Waals surface area (Å²) in [4.78, 5) is 12.7. The molecule has 2 aromatic carbocycles. The SMILES string of the molecule is CCC1CCC(c2ccc(C(=O)OC3CCC(c4ccc(C5CO5)c(F)c4)CC3)c(F)c2F)CC1. The molecule has 6 heteroatoms. The van der Waals surface area contributed by atoms with E-state index < -0.39 is 17.6 Å². The fourth-order valence-electron chi connectivity index (χ4n) is 5.93. The van der Waals surface area contributed by atoms with Crippen LogP contribution in [0.3, 0.4) is 0 Å². The van der Waals surface area contributed by atoms with E-state index in [9.17, 15) is 18.0 Å². The number of ether oxygens (including phenoxy) is 2. The van der Waals surface area contributed by atoms with Gasteiger partial charge in [-0.1, -0.05) is 31.5 Å². The molecule has 188 valence electrons. The zero-order valence-corrected chi connectivity index (χ0v) is 20.2. The fraction of sp³-hybridized carbons (Fsp3) is 0.552. The molecule has 35 heavy (non-hydrogen) atoms. The van der Waals surface area contributed by atoms with Crippen LogP contribution in [-0.2, 0) is 9.47 Å². The van der Waals surface area contributed by atoms with Gasteiger partial charge in [-0.2, -0.15) is 0 Å². The van der Waals surface area contributed by atoms with Crippen LogP contribution >= 0.6 is 0 Å². The van der Waals surface area contributed by atoms with E-state index in [2.05, 4.69) is 6.92 Å². The molecule has 5 rings (SSSR count). The van der Waals surface area contributed by atoms with Gasteiger partial charge in [0.25, 0.3) is 0 Å². The Labute approximate surface area is 205 Å². The van der Waals surface area contributed by atoms with Crippen LogP contribution in [0.25, 0.3) is 0 Å². The van der Waals surface area contributed by atoms with Crippen molar-refractivity contribution in [1.82, 2.24) is 0 Å². The quantitative estimate of drug-likeness (QED) is 0.310. The fourth-order valence-corrected chi connectivity index (χ4v) is 5.93. The first-order chi connectivity index (χ1) is 16.9. The molecule has 0 bridgehead atoms. The van der Waals surface area contributed by atoms with Crippen molar-refractivity contribution >= 4 is 5.97 Å². The maximum absolute atomic E-state index is 14.9. The lowest BCUT2D eigenvalue weighted by atomic mass is 9.77. The van der Waals surface area contributed by atoms with Crippen LogP contribution in [0.2, 0.25) is 0 Å². The minimum atomic E-state index is -1.10. The Morgan fingerprint density at radius 3 is 2.17 bits per heavy atom. The van der Waals surface area contributed by atoms with Crippen molar-refractivity contribution in [1.29, 1.82) is 0 Å². The molecule has 3 fully saturated rings. The van der Waals surface area contributed by atoms with Crippen LogP contribution < -0.4 is 0 Å². The van der Waals surface area contributed by atoms with Crippen molar-refractivity contribution in [2.45, 2.75) is 88.8 Å². The standard InChI is InChI=1S/C29H33F3O3/c1-2-17-3-5-19(6-4-17)22-13-14-24(28(32)27(22)31)29(33)35-21-10-7-18(8-11-21)20-9-12-23(25(30)15-20)26-16-34-26/h9,12-15,17-19,21,26H,2-8,10-11,16H2,1H3. The van der Waals surface area contributed by atoms with E-state index in [1.54, 1.807) is 18.2 Å². The lowest BCUT2D eigenvalue weighted by molar-refractivity contribution is 0.0189. The Morgan fingerprint density at radius 1 is 0.886 bits per heavy atom. The topological polar surface area (TPSA) is 38.8 Å². The van der Waals surface area contributed by atoms with E-state index in [0.29, 0.717) is 36.5 Å². The zero-order chi connectivity index (χ0) is 24.5. The van der Waals surface area contributed by atoms with Crippen LogP contribution in [0.4, 0.5) is 13.2 Å². The van der Waals surface area contributed by atoms with Crippen molar-refractivity contribution < 1.29 is 27.4 Å². The molecule has 1 saturated heterocycles. The first-order valence-corrected chi connectivity index (χ1v) is 13.0. The average molecular weight is 487 g/mol. The molecule has 3 nitrogen and oxygen atoms in total. The van der Waals surface area contributed by atoms with E-state index in [-0.39, 0.29) is 35.4 Å². The molecule has 1 atom stereocenters.